The van der Waals surface area contributed by atoms with Crippen molar-refractivity contribution in [1.29, 1.82) is 0 Å². The van der Waals surface area contributed by atoms with Crippen LogP contribution in [0.4, 0.5) is 0 Å². The van der Waals surface area contributed by atoms with Crippen molar-refractivity contribution in [2.45, 2.75) is 17.9 Å². The summed E-state index contributed by atoms with van der Waals surface area (Å²) in [6.07, 6.45) is 5.94. The van der Waals surface area contributed by atoms with Gasteiger partial charge in [0.1, 0.15) is 0 Å². The average Bonchev–Trinajstić information content (AvgIpc) is 3.05. The minimum Gasteiger partial charge on any atom is -0.337 e. The van der Waals surface area contributed by atoms with Crippen LogP contribution in [0.15, 0.2) is 60.0 Å². The number of aromatic nitrogens is 2. The van der Waals surface area contributed by atoms with Gasteiger partial charge in [0.05, 0.1) is 11.2 Å². The SMILES string of the molecule is O=S(=O)(NCCCn1ccnc1)c1ccc(Cl)c2ccccc12. The van der Waals surface area contributed by atoms with Crippen LogP contribution in [0.5, 0.6) is 0 Å². The Morgan fingerprint density at radius 1 is 1.13 bits per heavy atom. The van der Waals surface area contributed by atoms with Crippen LogP contribution in [-0.4, -0.2) is 24.5 Å². The van der Waals surface area contributed by atoms with Crippen molar-refractivity contribution in [3.63, 3.8) is 0 Å². The van der Waals surface area contributed by atoms with Gasteiger partial charge in [-0.1, -0.05) is 35.9 Å². The number of nitrogens with one attached hydrogen (secondary N) is 1. The maximum atomic E-state index is 12.5. The van der Waals surface area contributed by atoms with Gasteiger partial charge in [-0.3, -0.25) is 0 Å². The molecular weight excluding hydrogens is 334 g/mol. The largest absolute Gasteiger partial charge is 0.337 e. The molecule has 0 saturated heterocycles. The number of nitrogens with zero attached hydrogens (tertiary/aromatic N) is 2. The Kier molecular flexibility index (Phi) is 4.66. The zero-order valence-corrected chi connectivity index (χ0v) is 13.9. The molecule has 23 heavy (non-hydrogen) atoms. The van der Waals surface area contributed by atoms with E-state index < -0.39 is 10.0 Å². The molecule has 0 aliphatic rings. The number of rotatable bonds is 6. The Labute approximate surface area is 140 Å². The molecule has 3 aromatic rings. The highest BCUT2D eigenvalue weighted by atomic mass is 35.5. The van der Waals surface area contributed by atoms with E-state index in [4.69, 9.17) is 11.6 Å². The molecule has 0 unspecified atom stereocenters. The van der Waals surface area contributed by atoms with Crippen LogP contribution in [0.2, 0.25) is 5.02 Å². The van der Waals surface area contributed by atoms with Crippen molar-refractivity contribution in [1.82, 2.24) is 14.3 Å². The Bertz CT molecular complexity index is 908. The molecule has 0 aliphatic carbocycles. The lowest BCUT2D eigenvalue weighted by Gasteiger charge is -2.10. The topological polar surface area (TPSA) is 64.0 Å². The first-order valence-corrected chi connectivity index (χ1v) is 9.07. The standard InChI is InChI=1S/C16H16ClN3O2S/c17-15-6-7-16(14-5-2-1-4-13(14)15)23(21,22)19-8-3-10-20-11-9-18-12-20/h1-2,4-7,9,11-12,19H,3,8,10H2. The summed E-state index contributed by atoms with van der Waals surface area (Å²) in [5.74, 6) is 0. The van der Waals surface area contributed by atoms with Crippen LogP contribution in [0.1, 0.15) is 6.42 Å². The van der Waals surface area contributed by atoms with Gasteiger partial charge in [-0.15, -0.1) is 0 Å². The van der Waals surface area contributed by atoms with Crippen LogP contribution in [0, 0.1) is 0 Å². The minimum absolute atomic E-state index is 0.250. The Hall–Kier alpha value is -1.89. The number of benzene rings is 2. The Morgan fingerprint density at radius 3 is 2.65 bits per heavy atom. The highest BCUT2D eigenvalue weighted by molar-refractivity contribution is 7.89. The van der Waals surface area contributed by atoms with Crippen LogP contribution in [0.25, 0.3) is 10.8 Å². The zero-order chi connectivity index (χ0) is 16.3. The van der Waals surface area contributed by atoms with E-state index in [-0.39, 0.29) is 4.90 Å². The van der Waals surface area contributed by atoms with Crippen LogP contribution in [0.3, 0.4) is 0 Å². The van der Waals surface area contributed by atoms with Crippen molar-refractivity contribution in [2.24, 2.45) is 0 Å². The molecule has 5 nitrogen and oxygen atoms in total. The van der Waals surface area contributed by atoms with Crippen LogP contribution in [-0.2, 0) is 16.6 Å². The van der Waals surface area contributed by atoms with E-state index in [1.807, 2.05) is 22.9 Å². The normalized spacial score (nSPS) is 11.9. The molecule has 0 atom stereocenters. The number of aryl methyl sites for hydroxylation is 1. The summed E-state index contributed by atoms with van der Waals surface area (Å²) in [7, 11) is -3.58. The summed E-state index contributed by atoms with van der Waals surface area (Å²) in [5.41, 5.74) is 0. The van der Waals surface area contributed by atoms with Gasteiger partial charge in [0, 0.05) is 41.3 Å². The highest BCUT2D eigenvalue weighted by Crippen LogP contribution is 2.28. The van der Waals surface area contributed by atoms with Crippen molar-refractivity contribution in [3.05, 3.63) is 60.1 Å². The lowest BCUT2D eigenvalue weighted by Crippen LogP contribution is -2.25. The fourth-order valence-electron chi connectivity index (χ4n) is 2.43. The highest BCUT2D eigenvalue weighted by Gasteiger charge is 2.17. The van der Waals surface area contributed by atoms with Gasteiger partial charge in [-0.05, 0) is 18.6 Å². The summed E-state index contributed by atoms with van der Waals surface area (Å²) in [6, 6.07) is 10.4. The molecule has 3 rings (SSSR count). The Morgan fingerprint density at radius 2 is 1.91 bits per heavy atom. The molecule has 7 heteroatoms. The molecule has 1 heterocycles. The first-order chi connectivity index (χ1) is 11.1. The fourth-order valence-corrected chi connectivity index (χ4v) is 3.94. The maximum Gasteiger partial charge on any atom is 0.241 e. The first-order valence-electron chi connectivity index (χ1n) is 7.20. The predicted molar refractivity (Wildman–Crippen MR) is 91.0 cm³/mol. The second-order valence-corrected chi connectivity index (χ2v) is 7.29. The van der Waals surface area contributed by atoms with Gasteiger partial charge in [0.15, 0.2) is 0 Å². The van der Waals surface area contributed by atoms with E-state index in [1.165, 1.54) is 0 Å². The van der Waals surface area contributed by atoms with Gasteiger partial charge in [0.2, 0.25) is 10.0 Å². The zero-order valence-electron chi connectivity index (χ0n) is 12.3. The van der Waals surface area contributed by atoms with E-state index in [9.17, 15) is 8.42 Å². The molecule has 0 spiro atoms. The van der Waals surface area contributed by atoms with Crippen molar-refractivity contribution in [2.75, 3.05) is 6.54 Å². The maximum absolute atomic E-state index is 12.5. The second kappa shape index (κ2) is 6.70. The summed E-state index contributed by atoms with van der Waals surface area (Å²) in [4.78, 5) is 4.20. The summed E-state index contributed by atoms with van der Waals surface area (Å²) >= 11 is 6.14. The van der Waals surface area contributed by atoms with Crippen molar-refractivity contribution >= 4 is 32.4 Å². The predicted octanol–water partition coefficient (Wildman–Crippen LogP) is 3.06. The van der Waals surface area contributed by atoms with E-state index in [1.54, 1.807) is 36.8 Å². The number of sulfonamides is 1. The summed E-state index contributed by atoms with van der Waals surface area (Å²) < 4.78 is 29.6. The molecule has 0 radical (unpaired) electrons. The van der Waals surface area contributed by atoms with Gasteiger partial charge < -0.3 is 4.57 Å². The van der Waals surface area contributed by atoms with Crippen LogP contribution < -0.4 is 4.72 Å². The lowest BCUT2D eigenvalue weighted by atomic mass is 10.1. The number of imidazole rings is 1. The molecule has 1 aromatic heterocycles. The van der Waals surface area contributed by atoms with E-state index in [2.05, 4.69) is 9.71 Å². The second-order valence-electron chi connectivity index (χ2n) is 5.14. The number of fused-ring (bicyclic) bond motifs is 1. The third-order valence-corrected chi connectivity index (χ3v) is 5.41. The third-order valence-electron chi connectivity index (χ3n) is 3.56. The molecule has 0 fully saturated rings. The molecule has 0 amide bonds. The van der Waals surface area contributed by atoms with E-state index >= 15 is 0 Å². The average molecular weight is 350 g/mol. The molecule has 1 N–H and O–H groups in total. The summed E-state index contributed by atoms with van der Waals surface area (Å²) in [5, 5.41) is 1.90. The molecule has 0 bridgehead atoms. The van der Waals surface area contributed by atoms with Crippen molar-refractivity contribution in [3.8, 4) is 0 Å². The van der Waals surface area contributed by atoms with Crippen molar-refractivity contribution < 1.29 is 8.42 Å². The smallest absolute Gasteiger partial charge is 0.241 e. The quantitative estimate of drug-likeness (QED) is 0.696. The number of hydrogen-bond donors (Lipinski definition) is 1. The van der Waals surface area contributed by atoms with Gasteiger partial charge in [0.25, 0.3) is 0 Å². The third kappa shape index (κ3) is 3.55. The van der Waals surface area contributed by atoms with Gasteiger partial charge in [-0.25, -0.2) is 18.1 Å². The van der Waals surface area contributed by atoms with E-state index in [0.29, 0.717) is 29.9 Å². The molecular formula is C16H16ClN3O2S. The molecule has 120 valence electrons. The number of hydrogen-bond acceptors (Lipinski definition) is 3. The fraction of sp³-hybridized carbons (Fsp3) is 0.188. The minimum atomic E-state index is -3.58. The molecule has 0 saturated carbocycles. The monoisotopic (exact) mass is 349 g/mol. The van der Waals surface area contributed by atoms with Gasteiger partial charge in [-0.2, -0.15) is 0 Å². The first kappa shape index (κ1) is 16.0. The molecule has 2 aromatic carbocycles. The lowest BCUT2D eigenvalue weighted by molar-refractivity contribution is 0.570. The molecule has 0 aliphatic heterocycles. The Balaban J connectivity index is 1.76. The van der Waals surface area contributed by atoms with Gasteiger partial charge >= 0.3 is 0 Å². The van der Waals surface area contributed by atoms with E-state index in [0.717, 1.165) is 5.39 Å². The van der Waals surface area contributed by atoms with Crippen LogP contribution >= 0.6 is 11.6 Å². The summed E-state index contributed by atoms with van der Waals surface area (Å²) in [6.45, 7) is 1.07. The number of halogens is 1.